The number of aromatic nitrogens is 3. The zero-order valence-electron chi connectivity index (χ0n) is 13.4. The number of nitrogens with one attached hydrogen (secondary N) is 1. The summed E-state index contributed by atoms with van der Waals surface area (Å²) < 4.78 is 1.99. The van der Waals surface area contributed by atoms with E-state index in [4.69, 9.17) is 11.6 Å². The Morgan fingerprint density at radius 1 is 1.24 bits per heavy atom. The third-order valence-electron chi connectivity index (χ3n) is 3.70. The topological polar surface area (TPSA) is 42.7 Å². The van der Waals surface area contributed by atoms with Crippen molar-refractivity contribution in [2.45, 2.75) is 46.7 Å². The first kappa shape index (κ1) is 16.0. The van der Waals surface area contributed by atoms with Crippen LogP contribution in [-0.4, -0.2) is 21.8 Å². The number of hydrogen-bond acceptors (Lipinski definition) is 3. The van der Waals surface area contributed by atoms with Gasteiger partial charge in [-0.05, 0) is 52.4 Å². The third kappa shape index (κ3) is 3.44. The average Bonchev–Trinajstić information content (AvgIpc) is 2.70. The first-order chi connectivity index (χ1) is 9.96. The highest BCUT2D eigenvalue weighted by molar-refractivity contribution is 6.31. The summed E-state index contributed by atoms with van der Waals surface area (Å²) in [6.45, 7) is 8.91. The fourth-order valence-corrected chi connectivity index (χ4v) is 2.92. The van der Waals surface area contributed by atoms with Gasteiger partial charge in [-0.3, -0.25) is 9.67 Å². The molecule has 0 aromatic carbocycles. The van der Waals surface area contributed by atoms with Crippen molar-refractivity contribution in [3.05, 3.63) is 45.5 Å². The molecule has 1 N–H and O–H groups in total. The lowest BCUT2D eigenvalue weighted by molar-refractivity contribution is 0.540. The van der Waals surface area contributed by atoms with E-state index in [0.717, 1.165) is 40.8 Å². The molecule has 1 atom stereocenters. The number of rotatable bonds is 5. The van der Waals surface area contributed by atoms with E-state index in [1.54, 1.807) is 0 Å². The fourth-order valence-electron chi connectivity index (χ4n) is 2.71. The molecule has 2 aromatic rings. The fraction of sp³-hybridized carbons (Fsp3) is 0.500. The van der Waals surface area contributed by atoms with Gasteiger partial charge in [0.25, 0.3) is 0 Å². The third-order valence-corrected chi connectivity index (χ3v) is 4.20. The van der Waals surface area contributed by atoms with Gasteiger partial charge in [-0.1, -0.05) is 11.6 Å². The van der Waals surface area contributed by atoms with Gasteiger partial charge in [0.05, 0.1) is 16.4 Å². The summed E-state index contributed by atoms with van der Waals surface area (Å²) in [4.78, 5) is 4.44. The second-order valence-electron chi connectivity index (χ2n) is 5.39. The van der Waals surface area contributed by atoms with Crippen LogP contribution in [-0.2, 0) is 13.0 Å². The largest absolute Gasteiger partial charge is 0.313 e. The van der Waals surface area contributed by atoms with Crippen LogP contribution in [0.2, 0.25) is 5.02 Å². The summed E-state index contributed by atoms with van der Waals surface area (Å²) in [5.41, 5.74) is 5.29. The van der Waals surface area contributed by atoms with Crippen molar-refractivity contribution in [2.24, 2.45) is 0 Å². The Morgan fingerprint density at radius 3 is 2.38 bits per heavy atom. The summed E-state index contributed by atoms with van der Waals surface area (Å²) in [5.74, 6) is 0. The highest BCUT2D eigenvalue weighted by Crippen LogP contribution is 2.26. The molecule has 0 bridgehead atoms. The zero-order chi connectivity index (χ0) is 15.6. The molecule has 4 nitrogen and oxygen atoms in total. The highest BCUT2D eigenvalue weighted by Gasteiger charge is 2.18. The molecule has 114 valence electrons. The highest BCUT2D eigenvalue weighted by atomic mass is 35.5. The van der Waals surface area contributed by atoms with E-state index in [9.17, 15) is 0 Å². The normalized spacial score (nSPS) is 12.7. The van der Waals surface area contributed by atoms with Gasteiger partial charge in [-0.15, -0.1) is 0 Å². The summed E-state index contributed by atoms with van der Waals surface area (Å²) in [6.07, 6.45) is 0.812. The van der Waals surface area contributed by atoms with Gasteiger partial charge < -0.3 is 5.32 Å². The maximum atomic E-state index is 6.42. The van der Waals surface area contributed by atoms with Crippen LogP contribution in [0.15, 0.2) is 12.1 Å². The summed E-state index contributed by atoms with van der Waals surface area (Å²) in [6, 6.07) is 4.45. The molecule has 0 amide bonds. The molecule has 0 radical (unpaired) electrons. The molecule has 0 spiro atoms. The molecule has 2 heterocycles. The van der Waals surface area contributed by atoms with Gasteiger partial charge in [0.2, 0.25) is 0 Å². The second kappa shape index (κ2) is 6.58. The van der Waals surface area contributed by atoms with E-state index in [-0.39, 0.29) is 6.04 Å². The van der Waals surface area contributed by atoms with Crippen LogP contribution in [0.5, 0.6) is 0 Å². The van der Waals surface area contributed by atoms with Crippen molar-refractivity contribution in [2.75, 3.05) is 7.05 Å². The molecule has 2 aromatic heterocycles. The Kier molecular flexibility index (Phi) is 5.01. The molecular weight excluding hydrogens is 284 g/mol. The van der Waals surface area contributed by atoms with Crippen LogP contribution < -0.4 is 5.32 Å². The lowest BCUT2D eigenvalue weighted by Gasteiger charge is -2.18. The van der Waals surface area contributed by atoms with Crippen LogP contribution >= 0.6 is 11.6 Å². The Bertz CT molecular complexity index is 613. The number of likely N-dealkylation sites (N-methyl/N-ethyl adjacent to an activating group) is 1. The summed E-state index contributed by atoms with van der Waals surface area (Å²) in [7, 11) is 1.98. The lowest BCUT2D eigenvalue weighted by Crippen LogP contribution is -2.21. The zero-order valence-corrected chi connectivity index (χ0v) is 14.1. The lowest BCUT2D eigenvalue weighted by atomic mass is 10.0. The summed E-state index contributed by atoms with van der Waals surface area (Å²) >= 11 is 6.42. The molecule has 0 saturated heterocycles. The molecule has 2 rings (SSSR count). The van der Waals surface area contributed by atoms with Gasteiger partial charge in [-0.2, -0.15) is 5.10 Å². The Balaban J connectivity index is 2.35. The van der Waals surface area contributed by atoms with Gasteiger partial charge in [0, 0.05) is 30.4 Å². The van der Waals surface area contributed by atoms with Crippen molar-refractivity contribution in [3.63, 3.8) is 0 Å². The van der Waals surface area contributed by atoms with E-state index in [2.05, 4.69) is 34.5 Å². The van der Waals surface area contributed by atoms with Gasteiger partial charge in [0.1, 0.15) is 0 Å². The van der Waals surface area contributed by atoms with E-state index >= 15 is 0 Å². The number of pyridine rings is 1. The SMILES string of the molecule is CCn1nc(C)c(Cl)c1CC(NC)c1cc(C)nc(C)c1. The molecule has 5 heteroatoms. The smallest absolute Gasteiger partial charge is 0.0847 e. The van der Waals surface area contributed by atoms with Crippen LogP contribution in [0.1, 0.15) is 41.3 Å². The molecule has 0 saturated carbocycles. The van der Waals surface area contributed by atoms with Crippen molar-refractivity contribution in [1.29, 1.82) is 0 Å². The number of aryl methyl sites for hydroxylation is 4. The number of halogens is 1. The predicted molar refractivity (Wildman–Crippen MR) is 86.9 cm³/mol. The van der Waals surface area contributed by atoms with Crippen LogP contribution in [0.25, 0.3) is 0 Å². The van der Waals surface area contributed by atoms with E-state index in [0.29, 0.717) is 0 Å². The van der Waals surface area contributed by atoms with Gasteiger partial charge >= 0.3 is 0 Å². The first-order valence-electron chi connectivity index (χ1n) is 7.30. The standard InChI is InChI=1S/C16H23ClN4/c1-6-21-15(16(17)12(4)20-21)9-14(18-5)13-7-10(2)19-11(3)8-13/h7-8,14,18H,6,9H2,1-5H3. The number of nitrogens with zero attached hydrogens (tertiary/aromatic N) is 3. The average molecular weight is 307 g/mol. The molecule has 0 aliphatic rings. The quantitative estimate of drug-likeness (QED) is 0.921. The van der Waals surface area contributed by atoms with Crippen molar-refractivity contribution in [3.8, 4) is 0 Å². The minimum absolute atomic E-state index is 0.198. The Hall–Kier alpha value is -1.39. The van der Waals surface area contributed by atoms with E-state index < -0.39 is 0 Å². The van der Waals surface area contributed by atoms with Crippen molar-refractivity contribution < 1.29 is 0 Å². The monoisotopic (exact) mass is 306 g/mol. The maximum Gasteiger partial charge on any atom is 0.0847 e. The predicted octanol–water partition coefficient (Wildman–Crippen LogP) is 3.38. The molecule has 0 fully saturated rings. The Morgan fingerprint density at radius 2 is 1.86 bits per heavy atom. The molecule has 0 aliphatic carbocycles. The number of hydrogen-bond donors (Lipinski definition) is 1. The molecule has 21 heavy (non-hydrogen) atoms. The van der Waals surface area contributed by atoms with Crippen LogP contribution in [0.4, 0.5) is 0 Å². The molecule has 0 aliphatic heterocycles. The van der Waals surface area contributed by atoms with Crippen molar-refractivity contribution >= 4 is 11.6 Å². The maximum absolute atomic E-state index is 6.42. The minimum Gasteiger partial charge on any atom is -0.313 e. The van der Waals surface area contributed by atoms with Gasteiger partial charge in [0.15, 0.2) is 0 Å². The van der Waals surface area contributed by atoms with E-state index in [1.807, 2.05) is 32.5 Å². The van der Waals surface area contributed by atoms with Gasteiger partial charge in [-0.25, -0.2) is 0 Å². The molecular formula is C16H23ClN4. The van der Waals surface area contributed by atoms with Crippen LogP contribution in [0, 0.1) is 20.8 Å². The van der Waals surface area contributed by atoms with Crippen molar-refractivity contribution in [1.82, 2.24) is 20.1 Å². The van der Waals surface area contributed by atoms with Crippen LogP contribution in [0.3, 0.4) is 0 Å². The minimum atomic E-state index is 0.198. The Labute approximate surface area is 131 Å². The van der Waals surface area contributed by atoms with E-state index in [1.165, 1.54) is 5.56 Å². The summed E-state index contributed by atoms with van der Waals surface area (Å²) in [5, 5.41) is 8.65. The second-order valence-corrected chi connectivity index (χ2v) is 5.77. The first-order valence-corrected chi connectivity index (χ1v) is 7.68. The molecule has 1 unspecified atom stereocenters.